The van der Waals surface area contributed by atoms with Gasteiger partial charge in [0.2, 0.25) is 0 Å². The smallest absolute Gasteiger partial charge is 0.0972 e. The van der Waals surface area contributed by atoms with E-state index in [1.165, 1.54) is 64.2 Å². The molecule has 0 bridgehead atoms. The third-order valence-electron chi connectivity index (χ3n) is 15.1. The molecule has 0 amide bonds. The average Bonchev–Trinajstić information content (AvgIpc) is 3.84. The second-order valence-corrected chi connectivity index (χ2v) is 22.4. The van der Waals surface area contributed by atoms with Crippen molar-refractivity contribution in [2.45, 2.75) is 214 Å². The van der Waals surface area contributed by atoms with Crippen LogP contribution in [0.25, 0.3) is 0 Å². The Morgan fingerprint density at radius 2 is 0.714 bits per heavy atom. The van der Waals surface area contributed by atoms with E-state index in [9.17, 15) is 10.2 Å². The zero-order valence-electron chi connectivity index (χ0n) is 33.1. The molecule has 4 fully saturated rings. The predicted octanol–water partition coefficient (Wildman–Crippen LogP) is 9.71. The van der Waals surface area contributed by atoms with E-state index in [4.69, 9.17) is 0 Å². The average molecular weight is 683 g/mol. The Hall–Kier alpha value is -1.28. The van der Waals surface area contributed by atoms with Gasteiger partial charge >= 0.3 is 0 Å². The van der Waals surface area contributed by atoms with E-state index in [1.807, 2.05) is 0 Å². The normalized spacial score (nSPS) is 39.9. The van der Waals surface area contributed by atoms with Gasteiger partial charge in [-0.15, -0.1) is 0 Å². The Kier molecular flexibility index (Phi) is 8.24. The van der Waals surface area contributed by atoms with Crippen LogP contribution in [0.15, 0.2) is 0 Å². The lowest BCUT2D eigenvalue weighted by atomic mass is 9.58. The van der Waals surface area contributed by atoms with E-state index in [0.29, 0.717) is 36.0 Å². The Balaban J connectivity index is 1.08. The van der Waals surface area contributed by atoms with E-state index in [-0.39, 0.29) is 57.8 Å². The van der Waals surface area contributed by atoms with Gasteiger partial charge in [0.05, 0.1) is 48.5 Å². The summed E-state index contributed by atoms with van der Waals surface area (Å²) in [5.74, 6) is 1.54. The van der Waals surface area contributed by atoms with Crippen LogP contribution in [0, 0.1) is 45.3 Å². The third kappa shape index (κ3) is 6.01. The molecule has 2 aromatic rings. The van der Waals surface area contributed by atoms with Crippen LogP contribution >= 0.6 is 0 Å². The van der Waals surface area contributed by atoms with E-state index in [2.05, 4.69) is 98.0 Å². The largest absolute Gasteiger partial charge is 0.391 e. The second kappa shape index (κ2) is 11.6. The fourth-order valence-corrected chi connectivity index (χ4v) is 13.6. The molecule has 12 unspecified atom stereocenters. The second-order valence-electron chi connectivity index (χ2n) is 22.4. The maximum Gasteiger partial charge on any atom is 0.0972 e. The minimum absolute atomic E-state index is 0.154. The molecule has 8 rings (SSSR count). The molecule has 8 nitrogen and oxygen atoms in total. The van der Waals surface area contributed by atoms with Crippen molar-refractivity contribution in [3.63, 3.8) is 0 Å². The zero-order chi connectivity index (χ0) is 35.0. The molecule has 4 heterocycles. The molecule has 4 aliphatic carbocycles. The first-order chi connectivity index (χ1) is 22.9. The number of aliphatic hydroxyl groups is 2. The van der Waals surface area contributed by atoms with Gasteiger partial charge in [0.15, 0.2) is 0 Å². The van der Waals surface area contributed by atoms with Gasteiger partial charge in [-0.25, -0.2) is 0 Å². The number of hydrogen-bond donors (Lipinski definition) is 2. The van der Waals surface area contributed by atoms with Crippen LogP contribution < -0.4 is 0 Å². The minimum Gasteiger partial charge on any atom is -0.391 e. The van der Waals surface area contributed by atoms with Crippen LogP contribution in [0.2, 0.25) is 0 Å². The first kappa shape index (κ1) is 34.8. The number of aliphatic hydroxyl groups excluding tert-OH is 2. The SMILES string of the molecule is CC(C)(C)CC(C)(C)C1CC(CC2CC(C(C)(C)CC(C)(C)C)CC(n3n4n3C3CCCCC34)C2O)C(O)C(n2n3n2C2CCCCC23)C1. The Labute approximate surface area is 297 Å². The highest BCUT2D eigenvalue weighted by Gasteiger charge is 2.57. The molecule has 0 spiro atoms. The monoisotopic (exact) mass is 683 g/mol. The van der Waals surface area contributed by atoms with Gasteiger partial charge in [-0.1, -0.05) is 94.9 Å². The van der Waals surface area contributed by atoms with Crippen LogP contribution in [-0.4, -0.2) is 51.2 Å². The summed E-state index contributed by atoms with van der Waals surface area (Å²) in [6.45, 7) is 24.4. The van der Waals surface area contributed by atoms with E-state index in [1.54, 1.807) is 0 Å². The predicted molar refractivity (Wildman–Crippen MR) is 197 cm³/mol. The lowest BCUT2D eigenvalue weighted by Gasteiger charge is -2.50. The third-order valence-corrected chi connectivity index (χ3v) is 15.1. The van der Waals surface area contributed by atoms with Crippen LogP contribution in [0.3, 0.4) is 0 Å². The van der Waals surface area contributed by atoms with Gasteiger partial charge in [-0.05, 0) is 116 Å². The van der Waals surface area contributed by atoms with Crippen molar-refractivity contribution in [2.24, 2.45) is 45.3 Å². The molecule has 8 heteroatoms. The van der Waals surface area contributed by atoms with Crippen LogP contribution in [0.4, 0.5) is 0 Å². The van der Waals surface area contributed by atoms with Gasteiger partial charge in [0.25, 0.3) is 0 Å². The fourth-order valence-electron chi connectivity index (χ4n) is 13.6. The highest BCUT2D eigenvalue weighted by molar-refractivity contribution is 5.05. The molecule has 49 heavy (non-hydrogen) atoms. The lowest BCUT2D eigenvalue weighted by molar-refractivity contribution is -0.0764. The molecule has 2 aliphatic heterocycles. The maximum atomic E-state index is 12.5. The summed E-state index contributed by atoms with van der Waals surface area (Å²) >= 11 is 0. The summed E-state index contributed by atoms with van der Waals surface area (Å²) in [6.07, 6.45) is 17.5. The van der Waals surface area contributed by atoms with E-state index in [0.717, 1.165) is 32.1 Å². The number of nitrogens with zero attached hydrogens (tertiary/aromatic N) is 6. The summed E-state index contributed by atoms with van der Waals surface area (Å²) < 4.78 is 0. The quantitative estimate of drug-likeness (QED) is 0.291. The fraction of sp³-hybridized carbons (Fsp3) is 1.00. The van der Waals surface area contributed by atoms with Crippen molar-refractivity contribution in [3.8, 4) is 0 Å². The van der Waals surface area contributed by atoms with Gasteiger partial charge in [-0.2, -0.15) is 28.8 Å². The summed E-state index contributed by atoms with van der Waals surface area (Å²) in [5, 5.41) is 24.9. The molecular formula is C41H74N6O2. The highest BCUT2D eigenvalue weighted by Crippen LogP contribution is 2.58. The first-order valence-corrected chi connectivity index (χ1v) is 21.0. The van der Waals surface area contributed by atoms with E-state index < -0.39 is 0 Å². The van der Waals surface area contributed by atoms with Crippen molar-refractivity contribution < 1.29 is 10.2 Å². The number of hydrogen-bond acceptors (Lipinski definition) is 2. The molecule has 0 radical (unpaired) electrons. The molecule has 0 saturated heterocycles. The molecule has 280 valence electrons. The molecule has 0 aromatic carbocycles. The lowest BCUT2D eigenvalue weighted by Crippen LogP contribution is -2.47. The Morgan fingerprint density at radius 3 is 1.00 bits per heavy atom. The van der Waals surface area contributed by atoms with Crippen molar-refractivity contribution >= 4 is 0 Å². The van der Waals surface area contributed by atoms with E-state index >= 15 is 0 Å². The number of rotatable bonds is 8. The molecular weight excluding hydrogens is 608 g/mol. The summed E-state index contributed by atoms with van der Waals surface area (Å²) in [6, 6.07) is 2.94. The standard InChI is InChI=1S/C41H74N6O2/c1-38(2,3)24-40(7,8)28-20-26(36(48)34(22-28)46-42-30-15-11-12-16-31(30)43(42)46)19-27-21-29(41(9,10)25-39(4,5)6)23-35(37(27)49)47-44-32-17-13-14-18-33(32)45(44)47/h26-37,48-49H,11-25H2,1-10H3. The zero-order valence-corrected chi connectivity index (χ0v) is 33.1. The minimum atomic E-state index is -0.351. The molecule has 12 atom stereocenters. The summed E-state index contributed by atoms with van der Waals surface area (Å²) in [4.78, 5) is 15.2. The summed E-state index contributed by atoms with van der Waals surface area (Å²) in [5.41, 5.74) is 0.929. The van der Waals surface area contributed by atoms with Crippen LogP contribution in [-0.2, 0) is 0 Å². The van der Waals surface area contributed by atoms with Crippen LogP contribution in [0.5, 0.6) is 0 Å². The maximum absolute atomic E-state index is 12.5. The van der Waals surface area contributed by atoms with Gasteiger partial charge in [0, 0.05) is 0 Å². The van der Waals surface area contributed by atoms with Crippen molar-refractivity contribution in [1.82, 2.24) is 28.8 Å². The molecule has 2 aromatic heterocycles. The highest BCUT2D eigenvalue weighted by atomic mass is 16.3. The first-order valence-electron chi connectivity index (χ1n) is 21.0. The van der Waals surface area contributed by atoms with Gasteiger partial charge < -0.3 is 10.2 Å². The van der Waals surface area contributed by atoms with Crippen molar-refractivity contribution in [3.05, 3.63) is 0 Å². The molecule has 4 saturated carbocycles. The molecule has 6 aliphatic rings. The number of fused-ring (bicyclic) bond motifs is 8. The number of aromatic nitrogens is 6. The van der Waals surface area contributed by atoms with Gasteiger partial charge in [0.1, 0.15) is 0 Å². The van der Waals surface area contributed by atoms with Crippen molar-refractivity contribution in [1.29, 1.82) is 0 Å². The summed E-state index contributed by atoms with van der Waals surface area (Å²) in [7, 11) is 0. The van der Waals surface area contributed by atoms with Gasteiger partial charge in [-0.3, -0.25) is 0 Å². The van der Waals surface area contributed by atoms with Crippen molar-refractivity contribution in [2.75, 3.05) is 0 Å². The van der Waals surface area contributed by atoms with Crippen LogP contribution in [0.1, 0.15) is 202 Å². The molecule has 2 N–H and O–H groups in total. The topological polar surface area (TPSA) is 70.0 Å². The Bertz CT molecular complexity index is 1300. The Morgan fingerprint density at radius 1 is 0.429 bits per heavy atom.